The van der Waals surface area contributed by atoms with Gasteiger partial charge in [-0.15, -0.1) is 0 Å². The number of hydrogen-bond donors (Lipinski definition) is 2. The third kappa shape index (κ3) is 3.96. The van der Waals surface area contributed by atoms with Gasteiger partial charge in [0.05, 0.1) is 18.7 Å². The maximum absolute atomic E-state index is 12.1. The predicted molar refractivity (Wildman–Crippen MR) is 82.1 cm³/mol. The van der Waals surface area contributed by atoms with Crippen molar-refractivity contribution in [3.63, 3.8) is 0 Å². The van der Waals surface area contributed by atoms with Crippen LogP contribution in [0, 0.1) is 5.92 Å². The summed E-state index contributed by atoms with van der Waals surface area (Å²) in [6.45, 7) is 3.12. The molecule has 1 saturated heterocycles. The third-order valence-electron chi connectivity index (χ3n) is 3.89. The highest BCUT2D eigenvalue weighted by atomic mass is 16.5. The van der Waals surface area contributed by atoms with Crippen LogP contribution < -0.4 is 11.1 Å². The second-order valence-corrected chi connectivity index (χ2v) is 5.64. The van der Waals surface area contributed by atoms with E-state index in [1.165, 1.54) is 0 Å². The summed E-state index contributed by atoms with van der Waals surface area (Å²) in [5.74, 6) is 1.61. The summed E-state index contributed by atoms with van der Waals surface area (Å²) in [6.07, 6.45) is 3.44. The summed E-state index contributed by atoms with van der Waals surface area (Å²) < 4.78 is 10.5. The van der Waals surface area contributed by atoms with Gasteiger partial charge in [0.1, 0.15) is 0 Å². The number of rotatable bonds is 6. The number of nitrogens with zero attached hydrogens (tertiary/aromatic N) is 3. The standard InChI is InChI=1S/C15H21N5O3/c16-5-6-17-15(21)11-3-1-7-20(9-11)10-13-18-14(19-23-13)12-4-2-8-22-12/h2,4,8,11H,1,3,5-7,9-10,16H2,(H,17,21). The fourth-order valence-electron chi connectivity index (χ4n) is 2.77. The molecule has 1 aliphatic rings. The van der Waals surface area contributed by atoms with Gasteiger partial charge >= 0.3 is 0 Å². The number of piperidine rings is 1. The molecule has 8 nitrogen and oxygen atoms in total. The van der Waals surface area contributed by atoms with Gasteiger partial charge in [0.25, 0.3) is 0 Å². The molecule has 1 fully saturated rings. The van der Waals surface area contributed by atoms with E-state index in [9.17, 15) is 4.79 Å². The monoisotopic (exact) mass is 319 g/mol. The Kier molecular flexibility index (Phi) is 5.04. The molecule has 0 aliphatic carbocycles. The highest BCUT2D eigenvalue weighted by molar-refractivity contribution is 5.78. The largest absolute Gasteiger partial charge is 0.461 e. The molecule has 2 aromatic heterocycles. The molecule has 8 heteroatoms. The van der Waals surface area contributed by atoms with E-state index in [1.54, 1.807) is 18.4 Å². The summed E-state index contributed by atoms with van der Waals surface area (Å²) in [7, 11) is 0. The fraction of sp³-hybridized carbons (Fsp3) is 0.533. The molecule has 0 radical (unpaired) electrons. The van der Waals surface area contributed by atoms with E-state index in [0.29, 0.717) is 43.7 Å². The van der Waals surface area contributed by atoms with Crippen LogP contribution in [0.25, 0.3) is 11.6 Å². The van der Waals surface area contributed by atoms with Crippen LogP contribution in [0.15, 0.2) is 27.3 Å². The van der Waals surface area contributed by atoms with E-state index >= 15 is 0 Å². The molecular formula is C15H21N5O3. The number of nitrogens with two attached hydrogens (primary N) is 1. The Bertz CT molecular complexity index is 625. The zero-order valence-electron chi connectivity index (χ0n) is 12.9. The van der Waals surface area contributed by atoms with E-state index < -0.39 is 0 Å². The van der Waals surface area contributed by atoms with Crippen LogP contribution in [-0.4, -0.2) is 47.1 Å². The van der Waals surface area contributed by atoms with Crippen LogP contribution in [0.1, 0.15) is 18.7 Å². The van der Waals surface area contributed by atoms with Gasteiger partial charge in [-0.3, -0.25) is 9.69 Å². The second kappa shape index (κ2) is 7.38. The molecule has 3 heterocycles. The first-order valence-corrected chi connectivity index (χ1v) is 7.83. The first kappa shape index (κ1) is 15.7. The lowest BCUT2D eigenvalue weighted by molar-refractivity contribution is -0.126. The van der Waals surface area contributed by atoms with Crippen molar-refractivity contribution < 1.29 is 13.7 Å². The summed E-state index contributed by atoms with van der Waals surface area (Å²) in [5, 5.41) is 6.77. The average molecular weight is 319 g/mol. The van der Waals surface area contributed by atoms with Crippen LogP contribution in [0.3, 0.4) is 0 Å². The molecule has 0 aromatic carbocycles. The van der Waals surface area contributed by atoms with Gasteiger partial charge in [0.15, 0.2) is 5.76 Å². The maximum Gasteiger partial charge on any atom is 0.241 e. The number of likely N-dealkylation sites (tertiary alicyclic amines) is 1. The molecule has 124 valence electrons. The van der Waals surface area contributed by atoms with E-state index in [-0.39, 0.29) is 11.8 Å². The minimum atomic E-state index is -0.0113. The summed E-state index contributed by atoms with van der Waals surface area (Å²) in [5.41, 5.74) is 5.42. The maximum atomic E-state index is 12.1. The Morgan fingerprint density at radius 1 is 1.52 bits per heavy atom. The van der Waals surface area contributed by atoms with Crippen LogP contribution in [0.5, 0.6) is 0 Å². The fourth-order valence-corrected chi connectivity index (χ4v) is 2.77. The van der Waals surface area contributed by atoms with Crippen LogP contribution in [0.4, 0.5) is 0 Å². The van der Waals surface area contributed by atoms with Crippen molar-refractivity contribution in [2.24, 2.45) is 11.7 Å². The third-order valence-corrected chi connectivity index (χ3v) is 3.89. The summed E-state index contributed by atoms with van der Waals surface area (Å²) in [4.78, 5) is 18.6. The quantitative estimate of drug-likeness (QED) is 0.802. The number of carbonyl (C=O) groups is 1. The Morgan fingerprint density at radius 2 is 2.43 bits per heavy atom. The molecule has 1 aliphatic heterocycles. The molecule has 1 unspecified atom stereocenters. The summed E-state index contributed by atoms with van der Waals surface area (Å²) in [6, 6.07) is 3.56. The van der Waals surface area contributed by atoms with Crippen molar-refractivity contribution in [2.45, 2.75) is 19.4 Å². The molecular weight excluding hydrogens is 298 g/mol. The van der Waals surface area contributed by atoms with Crippen molar-refractivity contribution in [3.05, 3.63) is 24.3 Å². The number of nitrogens with one attached hydrogen (secondary N) is 1. The Hall–Kier alpha value is -2.19. The zero-order valence-corrected chi connectivity index (χ0v) is 12.9. The van der Waals surface area contributed by atoms with Crippen molar-refractivity contribution in [1.29, 1.82) is 0 Å². The lowest BCUT2D eigenvalue weighted by atomic mass is 9.97. The average Bonchev–Trinajstić information content (AvgIpc) is 3.24. The highest BCUT2D eigenvalue weighted by Gasteiger charge is 2.26. The minimum absolute atomic E-state index is 0.0113. The van der Waals surface area contributed by atoms with Crippen molar-refractivity contribution >= 4 is 5.91 Å². The van der Waals surface area contributed by atoms with Crippen molar-refractivity contribution in [3.8, 4) is 11.6 Å². The van der Waals surface area contributed by atoms with Gasteiger partial charge in [0.2, 0.25) is 17.6 Å². The SMILES string of the molecule is NCCNC(=O)C1CCCN(Cc2nc(-c3ccco3)no2)C1. The predicted octanol–water partition coefficient (Wildman–Crippen LogP) is 0.616. The number of hydrogen-bond acceptors (Lipinski definition) is 7. The molecule has 3 N–H and O–H groups in total. The molecule has 0 spiro atoms. The Labute approximate surface area is 134 Å². The van der Waals surface area contributed by atoms with Gasteiger partial charge in [-0.2, -0.15) is 4.98 Å². The number of carbonyl (C=O) groups excluding carboxylic acids is 1. The second-order valence-electron chi connectivity index (χ2n) is 5.64. The van der Waals surface area contributed by atoms with Crippen LogP contribution in [-0.2, 0) is 11.3 Å². The molecule has 3 rings (SSSR count). The van der Waals surface area contributed by atoms with Gasteiger partial charge in [-0.05, 0) is 31.5 Å². The van der Waals surface area contributed by atoms with Gasteiger partial charge < -0.3 is 20.0 Å². The van der Waals surface area contributed by atoms with E-state index in [4.69, 9.17) is 14.7 Å². The first-order valence-electron chi connectivity index (χ1n) is 7.83. The Morgan fingerprint density at radius 3 is 3.22 bits per heavy atom. The Balaban J connectivity index is 1.56. The van der Waals surface area contributed by atoms with Crippen molar-refractivity contribution in [2.75, 3.05) is 26.2 Å². The van der Waals surface area contributed by atoms with Gasteiger partial charge in [-0.1, -0.05) is 5.16 Å². The molecule has 0 saturated carbocycles. The topological polar surface area (TPSA) is 110 Å². The smallest absolute Gasteiger partial charge is 0.241 e. The number of furan rings is 1. The molecule has 1 atom stereocenters. The zero-order chi connectivity index (χ0) is 16.1. The first-order chi connectivity index (χ1) is 11.3. The molecule has 2 aromatic rings. The molecule has 0 bridgehead atoms. The lowest BCUT2D eigenvalue weighted by Gasteiger charge is -2.30. The normalized spacial score (nSPS) is 18.9. The number of aromatic nitrogens is 2. The van der Waals surface area contributed by atoms with E-state index in [1.807, 2.05) is 0 Å². The van der Waals surface area contributed by atoms with Gasteiger partial charge in [-0.25, -0.2) is 0 Å². The molecule has 23 heavy (non-hydrogen) atoms. The summed E-state index contributed by atoms with van der Waals surface area (Å²) >= 11 is 0. The van der Waals surface area contributed by atoms with Crippen molar-refractivity contribution in [1.82, 2.24) is 20.4 Å². The molecule has 1 amide bonds. The van der Waals surface area contributed by atoms with E-state index in [0.717, 1.165) is 19.4 Å². The number of amides is 1. The van der Waals surface area contributed by atoms with Crippen LogP contribution in [0.2, 0.25) is 0 Å². The van der Waals surface area contributed by atoms with Gasteiger partial charge in [0, 0.05) is 19.6 Å². The van der Waals surface area contributed by atoms with E-state index in [2.05, 4.69) is 20.4 Å². The lowest BCUT2D eigenvalue weighted by Crippen LogP contribution is -2.43. The van der Waals surface area contributed by atoms with Crippen LogP contribution >= 0.6 is 0 Å². The highest BCUT2D eigenvalue weighted by Crippen LogP contribution is 2.20. The minimum Gasteiger partial charge on any atom is -0.461 e.